The van der Waals surface area contributed by atoms with E-state index in [4.69, 9.17) is 5.26 Å². The lowest BCUT2D eigenvalue weighted by atomic mass is 10.1. The lowest BCUT2D eigenvalue weighted by Crippen LogP contribution is -2.11. The third kappa shape index (κ3) is 2.67. The summed E-state index contributed by atoms with van der Waals surface area (Å²) in [5, 5.41) is 11.4. The van der Waals surface area contributed by atoms with Crippen LogP contribution in [0.3, 0.4) is 0 Å². The number of benzene rings is 1. The van der Waals surface area contributed by atoms with Crippen molar-refractivity contribution in [1.29, 1.82) is 5.26 Å². The van der Waals surface area contributed by atoms with Gasteiger partial charge in [-0.25, -0.2) is 0 Å². The van der Waals surface area contributed by atoms with Gasteiger partial charge in [-0.05, 0) is 30.3 Å². The highest BCUT2D eigenvalue weighted by Gasteiger charge is 2.06. The van der Waals surface area contributed by atoms with Crippen LogP contribution in [0.5, 0.6) is 0 Å². The van der Waals surface area contributed by atoms with Crippen molar-refractivity contribution in [3.63, 3.8) is 0 Å². The summed E-state index contributed by atoms with van der Waals surface area (Å²) in [6.07, 6.45) is 3.19. The van der Waals surface area contributed by atoms with Gasteiger partial charge in [0.2, 0.25) is 0 Å². The summed E-state index contributed by atoms with van der Waals surface area (Å²) < 4.78 is 0. The Bertz CT molecular complexity index is 573. The number of nitrogens with one attached hydrogen (secondary N) is 1. The van der Waals surface area contributed by atoms with Crippen LogP contribution in [-0.2, 0) is 0 Å². The molecule has 2 rings (SSSR count). The Morgan fingerprint density at radius 1 is 1.29 bits per heavy atom. The Hall–Kier alpha value is -2.67. The van der Waals surface area contributed by atoms with Crippen molar-refractivity contribution in [1.82, 2.24) is 4.98 Å². The first-order valence-corrected chi connectivity index (χ1v) is 5.01. The molecule has 0 atom stereocenters. The summed E-state index contributed by atoms with van der Waals surface area (Å²) in [5.74, 6) is -0.255. The lowest BCUT2D eigenvalue weighted by molar-refractivity contribution is 0.102. The van der Waals surface area contributed by atoms with Gasteiger partial charge in [0.05, 0.1) is 23.5 Å². The van der Waals surface area contributed by atoms with E-state index in [0.717, 1.165) is 0 Å². The van der Waals surface area contributed by atoms with Crippen molar-refractivity contribution in [3.8, 4) is 6.07 Å². The Morgan fingerprint density at radius 3 is 2.88 bits per heavy atom. The topological polar surface area (TPSA) is 65.8 Å². The molecule has 1 amide bonds. The van der Waals surface area contributed by atoms with Crippen molar-refractivity contribution in [2.75, 3.05) is 5.32 Å². The molecule has 1 heterocycles. The van der Waals surface area contributed by atoms with Crippen LogP contribution in [-0.4, -0.2) is 10.9 Å². The molecule has 0 aliphatic rings. The van der Waals surface area contributed by atoms with Crippen molar-refractivity contribution in [2.45, 2.75) is 0 Å². The summed E-state index contributed by atoms with van der Waals surface area (Å²) in [4.78, 5) is 15.7. The second kappa shape index (κ2) is 4.90. The van der Waals surface area contributed by atoms with Crippen molar-refractivity contribution >= 4 is 11.6 Å². The summed E-state index contributed by atoms with van der Waals surface area (Å²) in [5.41, 5.74) is 1.54. The number of aromatic nitrogens is 1. The quantitative estimate of drug-likeness (QED) is 0.848. The van der Waals surface area contributed by atoms with Crippen LogP contribution in [0.25, 0.3) is 0 Å². The minimum absolute atomic E-state index is 0.255. The van der Waals surface area contributed by atoms with Gasteiger partial charge in [0.15, 0.2) is 0 Å². The van der Waals surface area contributed by atoms with Crippen LogP contribution in [0.1, 0.15) is 15.9 Å². The normalized spacial score (nSPS) is 9.35. The average Bonchev–Trinajstić information content (AvgIpc) is 2.40. The minimum atomic E-state index is -0.255. The smallest absolute Gasteiger partial charge is 0.255 e. The molecule has 0 unspecified atom stereocenters. The van der Waals surface area contributed by atoms with Gasteiger partial charge in [0.1, 0.15) is 0 Å². The SMILES string of the molecule is N#Cc1cccc(C(=O)Nc2cccnc2)c1. The van der Waals surface area contributed by atoms with E-state index in [9.17, 15) is 4.79 Å². The van der Waals surface area contributed by atoms with Gasteiger partial charge in [-0.3, -0.25) is 9.78 Å². The number of nitriles is 1. The Balaban J connectivity index is 2.18. The number of hydrogen-bond donors (Lipinski definition) is 1. The molecule has 0 radical (unpaired) electrons. The molecule has 0 bridgehead atoms. The number of nitrogens with zero attached hydrogens (tertiary/aromatic N) is 2. The van der Waals surface area contributed by atoms with Gasteiger partial charge in [0, 0.05) is 11.8 Å². The molecule has 1 aromatic heterocycles. The molecule has 82 valence electrons. The first kappa shape index (κ1) is 10.8. The van der Waals surface area contributed by atoms with E-state index < -0.39 is 0 Å². The van der Waals surface area contributed by atoms with Crippen LogP contribution in [0, 0.1) is 11.3 Å². The maximum absolute atomic E-state index is 11.8. The summed E-state index contributed by atoms with van der Waals surface area (Å²) in [6.45, 7) is 0. The third-order valence-electron chi connectivity index (χ3n) is 2.17. The van der Waals surface area contributed by atoms with Gasteiger partial charge in [-0.15, -0.1) is 0 Å². The fraction of sp³-hybridized carbons (Fsp3) is 0. The molecule has 1 N–H and O–H groups in total. The van der Waals surface area contributed by atoms with Crippen LogP contribution in [0.15, 0.2) is 48.8 Å². The molecule has 2 aromatic rings. The summed E-state index contributed by atoms with van der Waals surface area (Å²) in [6, 6.07) is 12.0. The zero-order chi connectivity index (χ0) is 12.1. The molecule has 4 heteroatoms. The van der Waals surface area contributed by atoms with Crippen molar-refractivity contribution in [3.05, 3.63) is 59.9 Å². The van der Waals surface area contributed by atoms with Crippen LogP contribution < -0.4 is 5.32 Å². The molecule has 0 aliphatic heterocycles. The fourth-order valence-electron chi connectivity index (χ4n) is 1.37. The number of rotatable bonds is 2. The number of carbonyl (C=O) groups is 1. The predicted octanol–water partition coefficient (Wildman–Crippen LogP) is 2.21. The van der Waals surface area contributed by atoms with Crippen LogP contribution in [0.4, 0.5) is 5.69 Å². The molecular formula is C13H9N3O. The molecule has 0 saturated heterocycles. The Kier molecular flexibility index (Phi) is 3.13. The lowest BCUT2D eigenvalue weighted by Gasteiger charge is -2.04. The Labute approximate surface area is 98.5 Å². The van der Waals surface area contributed by atoms with E-state index in [2.05, 4.69) is 10.3 Å². The molecule has 0 aliphatic carbocycles. The number of hydrogen-bond acceptors (Lipinski definition) is 3. The molecule has 4 nitrogen and oxygen atoms in total. The zero-order valence-corrected chi connectivity index (χ0v) is 8.92. The maximum atomic E-state index is 11.8. The fourth-order valence-corrected chi connectivity index (χ4v) is 1.37. The van der Waals surface area contributed by atoms with Crippen molar-refractivity contribution < 1.29 is 4.79 Å². The van der Waals surface area contributed by atoms with E-state index in [1.165, 1.54) is 0 Å². The number of anilines is 1. The standard InChI is InChI=1S/C13H9N3O/c14-8-10-3-1-4-11(7-10)13(17)16-12-5-2-6-15-9-12/h1-7,9H,(H,16,17). The van der Waals surface area contributed by atoms with Gasteiger partial charge in [-0.2, -0.15) is 5.26 Å². The Morgan fingerprint density at radius 2 is 2.18 bits per heavy atom. The largest absolute Gasteiger partial charge is 0.321 e. The van der Waals surface area contributed by atoms with E-state index in [1.54, 1.807) is 48.8 Å². The number of amides is 1. The second-order valence-corrected chi connectivity index (χ2v) is 3.39. The summed E-state index contributed by atoms with van der Waals surface area (Å²) >= 11 is 0. The highest BCUT2D eigenvalue weighted by molar-refractivity contribution is 6.04. The predicted molar refractivity (Wildman–Crippen MR) is 63.3 cm³/mol. The van der Waals surface area contributed by atoms with Gasteiger partial charge in [-0.1, -0.05) is 6.07 Å². The summed E-state index contributed by atoms with van der Waals surface area (Å²) in [7, 11) is 0. The monoisotopic (exact) mass is 223 g/mol. The minimum Gasteiger partial charge on any atom is -0.321 e. The average molecular weight is 223 g/mol. The van der Waals surface area contributed by atoms with E-state index in [0.29, 0.717) is 16.8 Å². The third-order valence-corrected chi connectivity index (χ3v) is 2.17. The molecule has 0 spiro atoms. The second-order valence-electron chi connectivity index (χ2n) is 3.39. The maximum Gasteiger partial charge on any atom is 0.255 e. The van der Waals surface area contributed by atoms with E-state index in [1.807, 2.05) is 6.07 Å². The first-order chi connectivity index (χ1) is 8.29. The molecule has 1 aromatic carbocycles. The van der Waals surface area contributed by atoms with E-state index >= 15 is 0 Å². The van der Waals surface area contributed by atoms with E-state index in [-0.39, 0.29) is 5.91 Å². The first-order valence-electron chi connectivity index (χ1n) is 5.01. The van der Waals surface area contributed by atoms with Crippen molar-refractivity contribution in [2.24, 2.45) is 0 Å². The molecule has 0 fully saturated rings. The van der Waals surface area contributed by atoms with Gasteiger partial charge in [0.25, 0.3) is 5.91 Å². The highest BCUT2D eigenvalue weighted by atomic mass is 16.1. The highest BCUT2D eigenvalue weighted by Crippen LogP contribution is 2.08. The molecular weight excluding hydrogens is 214 g/mol. The molecule has 0 saturated carbocycles. The van der Waals surface area contributed by atoms with Crippen LogP contribution >= 0.6 is 0 Å². The van der Waals surface area contributed by atoms with Crippen LogP contribution in [0.2, 0.25) is 0 Å². The van der Waals surface area contributed by atoms with Gasteiger partial charge >= 0.3 is 0 Å². The zero-order valence-electron chi connectivity index (χ0n) is 8.92. The number of carbonyl (C=O) groups excluding carboxylic acids is 1. The van der Waals surface area contributed by atoms with Gasteiger partial charge < -0.3 is 5.32 Å². The number of pyridine rings is 1. The molecule has 17 heavy (non-hydrogen) atoms.